The summed E-state index contributed by atoms with van der Waals surface area (Å²) in [6, 6.07) is 16.0. The van der Waals surface area contributed by atoms with Crippen LogP contribution in [0, 0.1) is 13.8 Å². The maximum absolute atomic E-state index is 6.10. The minimum Gasteiger partial charge on any atom is -0.496 e. The second-order valence-electron chi connectivity index (χ2n) is 7.14. The van der Waals surface area contributed by atoms with E-state index in [2.05, 4.69) is 37.0 Å². The van der Waals surface area contributed by atoms with Crippen molar-refractivity contribution in [3.8, 4) is 39.8 Å². The highest BCUT2D eigenvalue weighted by atomic mass is 16.5. The average Bonchev–Trinajstić information content (AvgIpc) is 3.17. The van der Waals surface area contributed by atoms with Crippen molar-refractivity contribution in [3.05, 3.63) is 59.7 Å². The van der Waals surface area contributed by atoms with E-state index in [-0.39, 0.29) is 0 Å². The number of oxazole rings is 1. The minimum absolute atomic E-state index is 0.549. The molecule has 0 bridgehead atoms. The Morgan fingerprint density at radius 3 is 2.20 bits per heavy atom. The predicted molar refractivity (Wildman–Crippen MR) is 119 cm³/mol. The molecule has 0 fully saturated rings. The summed E-state index contributed by atoms with van der Waals surface area (Å²) in [6.07, 6.45) is 0. The van der Waals surface area contributed by atoms with Crippen molar-refractivity contribution in [3.63, 3.8) is 0 Å². The molecule has 4 rings (SSSR count). The van der Waals surface area contributed by atoms with Gasteiger partial charge in [-0.1, -0.05) is 6.07 Å². The van der Waals surface area contributed by atoms with Crippen LogP contribution < -0.4 is 14.2 Å². The molecule has 0 amide bonds. The van der Waals surface area contributed by atoms with Gasteiger partial charge in [-0.2, -0.15) is 0 Å². The average molecular weight is 403 g/mol. The number of nitrogens with zero attached hydrogens (tertiary/aromatic N) is 1. The molecule has 0 spiro atoms. The van der Waals surface area contributed by atoms with Gasteiger partial charge in [0.05, 0.1) is 20.8 Å². The maximum atomic E-state index is 6.10. The first kappa shape index (κ1) is 19.8. The molecule has 0 aliphatic carbocycles. The molecule has 0 saturated heterocycles. The summed E-state index contributed by atoms with van der Waals surface area (Å²) < 4.78 is 22.6. The molecule has 4 aromatic rings. The van der Waals surface area contributed by atoms with E-state index >= 15 is 0 Å². The molecule has 0 radical (unpaired) electrons. The van der Waals surface area contributed by atoms with E-state index in [9.17, 15) is 0 Å². The van der Waals surface area contributed by atoms with E-state index < -0.39 is 0 Å². The lowest BCUT2D eigenvalue weighted by atomic mass is 9.99. The van der Waals surface area contributed by atoms with E-state index in [4.69, 9.17) is 18.6 Å². The Balaban J connectivity index is 1.74. The fourth-order valence-corrected chi connectivity index (χ4v) is 3.74. The highest BCUT2D eigenvalue weighted by Crippen LogP contribution is 2.35. The quantitative estimate of drug-likeness (QED) is 0.384. The molecule has 30 heavy (non-hydrogen) atoms. The zero-order chi connectivity index (χ0) is 21.3. The van der Waals surface area contributed by atoms with Crippen molar-refractivity contribution in [1.29, 1.82) is 0 Å². The number of benzene rings is 3. The zero-order valence-corrected chi connectivity index (χ0v) is 17.9. The Labute approximate surface area is 176 Å². The lowest BCUT2D eigenvalue weighted by molar-refractivity contribution is 0.311. The van der Waals surface area contributed by atoms with Crippen LogP contribution in [0.15, 0.2) is 52.9 Å². The van der Waals surface area contributed by atoms with Gasteiger partial charge in [0, 0.05) is 5.56 Å². The summed E-state index contributed by atoms with van der Waals surface area (Å²) in [5.41, 5.74) is 6.79. The van der Waals surface area contributed by atoms with Crippen LogP contribution in [0.25, 0.3) is 33.7 Å². The third-order valence-electron chi connectivity index (χ3n) is 5.10. The fourth-order valence-electron chi connectivity index (χ4n) is 3.74. The lowest BCUT2D eigenvalue weighted by Gasteiger charge is -2.11. The smallest absolute Gasteiger partial charge is 0.227 e. The van der Waals surface area contributed by atoms with E-state index in [0.717, 1.165) is 44.7 Å². The topological polar surface area (TPSA) is 53.7 Å². The largest absolute Gasteiger partial charge is 0.496 e. The number of rotatable bonds is 6. The number of fused-ring (bicyclic) bond motifs is 1. The van der Waals surface area contributed by atoms with Gasteiger partial charge in [0.2, 0.25) is 5.89 Å². The molecule has 0 aliphatic heterocycles. The number of ether oxygens (including phenoxy) is 3. The molecule has 0 aliphatic rings. The van der Waals surface area contributed by atoms with Gasteiger partial charge in [0.15, 0.2) is 17.1 Å². The van der Waals surface area contributed by atoms with Crippen molar-refractivity contribution >= 4 is 11.1 Å². The van der Waals surface area contributed by atoms with Crippen LogP contribution in [0.1, 0.15) is 18.1 Å². The normalized spacial score (nSPS) is 11.0. The van der Waals surface area contributed by atoms with Gasteiger partial charge in [-0.3, -0.25) is 0 Å². The third kappa shape index (κ3) is 3.59. The summed E-state index contributed by atoms with van der Waals surface area (Å²) in [5.74, 6) is 2.83. The first-order valence-electron chi connectivity index (χ1n) is 9.91. The summed E-state index contributed by atoms with van der Waals surface area (Å²) in [6.45, 7) is 6.60. The molecule has 0 atom stereocenters. The standard InChI is InChI=1S/C25H25NO4/c1-6-29-23-14-18(8-10-21(23)27-4)25-26-20-9-7-17(13-22(20)30-25)19-11-15(2)24(28-5)16(3)12-19/h7-14H,6H2,1-5H3. The van der Waals surface area contributed by atoms with Gasteiger partial charge >= 0.3 is 0 Å². The van der Waals surface area contributed by atoms with Crippen molar-refractivity contribution in [2.45, 2.75) is 20.8 Å². The maximum Gasteiger partial charge on any atom is 0.227 e. The Kier molecular flexibility index (Phi) is 5.36. The van der Waals surface area contributed by atoms with Crippen LogP contribution >= 0.6 is 0 Å². The van der Waals surface area contributed by atoms with Gasteiger partial charge < -0.3 is 18.6 Å². The zero-order valence-electron chi connectivity index (χ0n) is 17.9. The lowest BCUT2D eigenvalue weighted by Crippen LogP contribution is -1.95. The second kappa shape index (κ2) is 8.11. The molecular formula is C25H25NO4. The molecule has 3 aromatic carbocycles. The molecule has 0 unspecified atom stereocenters. The minimum atomic E-state index is 0.549. The second-order valence-corrected chi connectivity index (χ2v) is 7.14. The highest BCUT2D eigenvalue weighted by Gasteiger charge is 2.14. The van der Waals surface area contributed by atoms with Crippen molar-refractivity contribution in [2.75, 3.05) is 20.8 Å². The summed E-state index contributed by atoms with van der Waals surface area (Å²) in [7, 11) is 3.33. The monoisotopic (exact) mass is 403 g/mol. The van der Waals surface area contributed by atoms with E-state index in [1.54, 1.807) is 14.2 Å². The van der Waals surface area contributed by atoms with Crippen molar-refractivity contribution in [1.82, 2.24) is 4.98 Å². The molecule has 1 aromatic heterocycles. The first-order chi connectivity index (χ1) is 14.5. The van der Waals surface area contributed by atoms with E-state index in [0.29, 0.717) is 24.0 Å². The van der Waals surface area contributed by atoms with Crippen LogP contribution in [-0.4, -0.2) is 25.8 Å². The van der Waals surface area contributed by atoms with Crippen LogP contribution in [0.4, 0.5) is 0 Å². The molecule has 0 N–H and O–H groups in total. The summed E-state index contributed by atoms with van der Waals surface area (Å²) >= 11 is 0. The fraction of sp³-hybridized carbons (Fsp3) is 0.240. The Bertz CT molecular complexity index is 1190. The first-order valence-corrected chi connectivity index (χ1v) is 9.91. The molecule has 0 saturated carbocycles. The van der Waals surface area contributed by atoms with Crippen LogP contribution in [0.3, 0.4) is 0 Å². The van der Waals surface area contributed by atoms with Gasteiger partial charge in [-0.05, 0) is 85.5 Å². The van der Waals surface area contributed by atoms with Crippen LogP contribution in [0.2, 0.25) is 0 Å². The Morgan fingerprint density at radius 2 is 1.53 bits per heavy atom. The highest BCUT2D eigenvalue weighted by molar-refractivity contribution is 5.83. The molecule has 5 nitrogen and oxygen atoms in total. The Hall–Kier alpha value is -3.47. The van der Waals surface area contributed by atoms with Crippen LogP contribution in [-0.2, 0) is 0 Å². The van der Waals surface area contributed by atoms with Gasteiger partial charge in [-0.25, -0.2) is 4.98 Å². The molecule has 1 heterocycles. The van der Waals surface area contributed by atoms with Gasteiger partial charge in [0.1, 0.15) is 11.3 Å². The Morgan fingerprint density at radius 1 is 0.800 bits per heavy atom. The van der Waals surface area contributed by atoms with Crippen molar-refractivity contribution in [2.24, 2.45) is 0 Å². The van der Waals surface area contributed by atoms with E-state index in [1.165, 1.54) is 0 Å². The number of hydrogen-bond acceptors (Lipinski definition) is 5. The molecule has 154 valence electrons. The van der Waals surface area contributed by atoms with Crippen LogP contribution in [0.5, 0.6) is 17.2 Å². The molecular weight excluding hydrogens is 378 g/mol. The molecule has 5 heteroatoms. The van der Waals surface area contributed by atoms with Gasteiger partial charge in [-0.15, -0.1) is 0 Å². The predicted octanol–water partition coefficient (Wildman–Crippen LogP) is 6.19. The number of aromatic nitrogens is 1. The third-order valence-corrected chi connectivity index (χ3v) is 5.10. The van der Waals surface area contributed by atoms with E-state index in [1.807, 2.05) is 37.3 Å². The van der Waals surface area contributed by atoms with Gasteiger partial charge in [0.25, 0.3) is 0 Å². The SMILES string of the molecule is CCOc1cc(-c2nc3ccc(-c4cc(C)c(OC)c(C)c4)cc3o2)ccc1OC. The van der Waals surface area contributed by atoms with Crippen molar-refractivity contribution < 1.29 is 18.6 Å². The summed E-state index contributed by atoms with van der Waals surface area (Å²) in [5, 5.41) is 0. The number of hydrogen-bond donors (Lipinski definition) is 0. The number of methoxy groups -OCH3 is 2. The number of aryl methyl sites for hydroxylation is 2. The summed E-state index contributed by atoms with van der Waals surface area (Å²) in [4.78, 5) is 4.65.